The monoisotopic (exact) mass is 480 g/mol. The molecule has 0 atom stereocenters. The van der Waals surface area contributed by atoms with Crippen molar-refractivity contribution in [3.63, 3.8) is 0 Å². The van der Waals surface area contributed by atoms with Crippen LogP contribution < -0.4 is 16.0 Å². The molecule has 0 aliphatic heterocycles. The van der Waals surface area contributed by atoms with Gasteiger partial charge >= 0.3 is 0 Å². The molecule has 0 radical (unpaired) electrons. The molecule has 4 aromatic rings. The second kappa shape index (κ2) is 9.10. The van der Waals surface area contributed by atoms with E-state index in [9.17, 15) is 13.2 Å². The highest BCUT2D eigenvalue weighted by Gasteiger charge is 2.15. The minimum absolute atomic E-state index is 0. The molecule has 10 heteroatoms. The summed E-state index contributed by atoms with van der Waals surface area (Å²) in [6.07, 6.45) is 1.28. The SMILES string of the molecule is C.N=c1ncn(Cc2c(F)cc(F)cc2F)c2ccc(Oc3c(Cl)cc(N)cc3Cl)cc12. The molecule has 4 rings (SSSR count). The first kappa shape index (κ1) is 23.4. The van der Waals surface area contributed by atoms with E-state index in [4.69, 9.17) is 39.1 Å². The number of halogens is 5. The Bertz CT molecular complexity index is 1350. The van der Waals surface area contributed by atoms with Gasteiger partial charge in [0.15, 0.2) is 11.2 Å². The maximum atomic E-state index is 14.1. The largest absolute Gasteiger partial charge is 0.454 e. The molecule has 0 amide bonds. The van der Waals surface area contributed by atoms with Crippen molar-refractivity contribution in [1.82, 2.24) is 9.55 Å². The minimum Gasteiger partial charge on any atom is -0.454 e. The standard InChI is InChI=1S/C21H13Cl2F3N4O.CH4/c22-15-5-11(27)6-16(23)20(15)31-12-1-2-19-13(7-12)21(28)29-9-30(19)8-14-17(25)3-10(24)4-18(14)26;/h1-7,9,28H,8,27H2;1H4. The number of rotatable bonds is 4. The van der Waals surface area contributed by atoms with Crippen molar-refractivity contribution in [3.8, 4) is 11.5 Å². The fourth-order valence-corrected chi connectivity index (χ4v) is 3.67. The normalized spacial score (nSPS) is 10.8. The third kappa shape index (κ3) is 4.51. The van der Waals surface area contributed by atoms with Gasteiger partial charge in [0.05, 0.1) is 28.4 Å². The maximum Gasteiger partial charge on any atom is 0.164 e. The Labute approximate surface area is 191 Å². The van der Waals surface area contributed by atoms with Crippen LogP contribution in [0.2, 0.25) is 10.0 Å². The van der Waals surface area contributed by atoms with Crippen LogP contribution in [0.4, 0.5) is 18.9 Å². The molecule has 166 valence electrons. The van der Waals surface area contributed by atoms with Crippen molar-refractivity contribution in [2.24, 2.45) is 0 Å². The van der Waals surface area contributed by atoms with Crippen molar-refractivity contribution >= 4 is 39.8 Å². The van der Waals surface area contributed by atoms with E-state index in [2.05, 4.69) is 4.98 Å². The summed E-state index contributed by atoms with van der Waals surface area (Å²) in [5.74, 6) is -2.53. The Hall–Kier alpha value is -3.23. The van der Waals surface area contributed by atoms with Gasteiger partial charge in [-0.25, -0.2) is 18.2 Å². The van der Waals surface area contributed by atoms with Crippen molar-refractivity contribution in [2.75, 3.05) is 5.73 Å². The molecular formula is C22H17Cl2F3N4O. The van der Waals surface area contributed by atoms with E-state index >= 15 is 0 Å². The molecule has 0 fully saturated rings. The van der Waals surface area contributed by atoms with Gasteiger partial charge in [-0.05, 0) is 30.3 Å². The fraction of sp³-hybridized carbons (Fsp3) is 0.0909. The highest BCUT2D eigenvalue weighted by atomic mass is 35.5. The van der Waals surface area contributed by atoms with Crippen LogP contribution in [-0.4, -0.2) is 9.55 Å². The van der Waals surface area contributed by atoms with Crippen molar-refractivity contribution in [1.29, 1.82) is 5.41 Å². The predicted molar refractivity (Wildman–Crippen MR) is 119 cm³/mol. The number of nitrogen functional groups attached to an aromatic ring is 1. The average molecular weight is 481 g/mol. The Balaban J connectivity index is 0.00000289. The summed E-state index contributed by atoms with van der Waals surface area (Å²) in [5, 5.41) is 8.86. The average Bonchev–Trinajstić information content (AvgIpc) is 2.69. The van der Waals surface area contributed by atoms with E-state index in [1.165, 1.54) is 29.1 Å². The highest BCUT2D eigenvalue weighted by Crippen LogP contribution is 2.38. The zero-order chi connectivity index (χ0) is 22.3. The summed E-state index contributed by atoms with van der Waals surface area (Å²) < 4.78 is 48.6. The van der Waals surface area contributed by atoms with Gasteiger partial charge in [0.1, 0.15) is 23.2 Å². The lowest BCUT2D eigenvalue weighted by Crippen LogP contribution is -2.14. The van der Waals surface area contributed by atoms with Crippen LogP contribution in [0.1, 0.15) is 13.0 Å². The number of nitrogens with two attached hydrogens (primary N) is 1. The van der Waals surface area contributed by atoms with Gasteiger partial charge < -0.3 is 15.0 Å². The Morgan fingerprint density at radius 2 is 1.62 bits per heavy atom. The first-order chi connectivity index (χ1) is 14.7. The molecule has 0 aliphatic carbocycles. The molecule has 0 bridgehead atoms. The Morgan fingerprint density at radius 3 is 2.25 bits per heavy atom. The molecule has 3 N–H and O–H groups in total. The lowest BCUT2D eigenvalue weighted by Gasteiger charge is -2.14. The van der Waals surface area contributed by atoms with Crippen LogP contribution in [-0.2, 0) is 6.54 Å². The van der Waals surface area contributed by atoms with Crippen LogP contribution in [0, 0.1) is 22.9 Å². The van der Waals surface area contributed by atoms with Gasteiger partial charge in [-0.15, -0.1) is 0 Å². The number of nitrogens with one attached hydrogen (secondary N) is 1. The van der Waals surface area contributed by atoms with Crippen LogP contribution in [0.25, 0.3) is 10.9 Å². The first-order valence-electron chi connectivity index (χ1n) is 8.82. The van der Waals surface area contributed by atoms with Crippen LogP contribution in [0.15, 0.2) is 48.8 Å². The lowest BCUT2D eigenvalue weighted by atomic mass is 10.1. The summed E-state index contributed by atoms with van der Waals surface area (Å²) in [6.45, 7) is -0.252. The third-order valence-electron chi connectivity index (χ3n) is 4.53. The summed E-state index contributed by atoms with van der Waals surface area (Å²) in [4.78, 5) is 3.96. The van der Waals surface area contributed by atoms with Gasteiger partial charge in [0.2, 0.25) is 0 Å². The molecule has 0 spiro atoms. The molecule has 0 saturated heterocycles. The number of ether oxygens (including phenoxy) is 1. The summed E-state index contributed by atoms with van der Waals surface area (Å²) in [6, 6.07) is 8.91. The Kier molecular flexibility index (Phi) is 6.66. The van der Waals surface area contributed by atoms with Gasteiger partial charge in [-0.2, -0.15) is 0 Å². The Morgan fingerprint density at radius 1 is 1.00 bits per heavy atom. The van der Waals surface area contributed by atoms with E-state index in [1.807, 2.05) is 0 Å². The number of nitrogens with zero attached hydrogens (tertiary/aromatic N) is 2. The van der Waals surface area contributed by atoms with E-state index < -0.39 is 17.5 Å². The summed E-state index contributed by atoms with van der Waals surface area (Å²) >= 11 is 12.3. The van der Waals surface area contributed by atoms with Crippen LogP contribution in [0.5, 0.6) is 11.5 Å². The van der Waals surface area contributed by atoms with Gasteiger partial charge in [-0.3, -0.25) is 5.41 Å². The van der Waals surface area contributed by atoms with Crippen LogP contribution >= 0.6 is 23.2 Å². The maximum absolute atomic E-state index is 14.1. The smallest absolute Gasteiger partial charge is 0.164 e. The molecule has 3 aromatic carbocycles. The van der Waals surface area contributed by atoms with E-state index in [1.54, 1.807) is 12.1 Å². The molecule has 0 aliphatic rings. The molecule has 1 heterocycles. The molecule has 32 heavy (non-hydrogen) atoms. The zero-order valence-electron chi connectivity index (χ0n) is 15.6. The van der Waals surface area contributed by atoms with E-state index in [0.29, 0.717) is 34.5 Å². The number of hydrogen-bond acceptors (Lipinski definition) is 4. The molecule has 5 nitrogen and oxygen atoms in total. The quantitative estimate of drug-likeness (QED) is 0.336. The van der Waals surface area contributed by atoms with Gasteiger partial charge in [0.25, 0.3) is 0 Å². The predicted octanol–water partition coefficient (Wildman–Crippen LogP) is 6.30. The lowest BCUT2D eigenvalue weighted by molar-refractivity contribution is 0.483. The second-order valence-corrected chi connectivity index (χ2v) is 7.48. The first-order valence-corrected chi connectivity index (χ1v) is 9.58. The fourth-order valence-electron chi connectivity index (χ4n) is 3.09. The van der Waals surface area contributed by atoms with E-state index in [0.717, 1.165) is 0 Å². The van der Waals surface area contributed by atoms with Crippen LogP contribution in [0.3, 0.4) is 0 Å². The number of benzene rings is 3. The molecule has 0 saturated carbocycles. The number of aromatic nitrogens is 2. The molecule has 0 unspecified atom stereocenters. The minimum atomic E-state index is -1.01. The number of fused-ring (bicyclic) bond motifs is 1. The van der Waals surface area contributed by atoms with Crippen molar-refractivity contribution < 1.29 is 17.9 Å². The molecule has 1 aromatic heterocycles. The topological polar surface area (TPSA) is 76.9 Å². The second-order valence-electron chi connectivity index (χ2n) is 6.66. The van der Waals surface area contributed by atoms with Gasteiger partial charge in [0, 0.05) is 28.8 Å². The number of hydrogen-bond donors (Lipinski definition) is 2. The highest BCUT2D eigenvalue weighted by molar-refractivity contribution is 6.37. The number of anilines is 1. The summed E-state index contributed by atoms with van der Waals surface area (Å²) in [7, 11) is 0. The van der Waals surface area contributed by atoms with Gasteiger partial charge in [-0.1, -0.05) is 30.6 Å². The van der Waals surface area contributed by atoms with Crippen molar-refractivity contribution in [3.05, 3.63) is 87.3 Å². The van der Waals surface area contributed by atoms with Crippen molar-refractivity contribution in [2.45, 2.75) is 14.0 Å². The third-order valence-corrected chi connectivity index (χ3v) is 5.10. The summed E-state index contributed by atoms with van der Waals surface area (Å²) in [5.41, 5.74) is 6.13. The molecular weight excluding hydrogens is 464 g/mol. The van der Waals surface area contributed by atoms with E-state index in [-0.39, 0.29) is 40.8 Å². The zero-order valence-corrected chi connectivity index (χ0v) is 17.1.